The Kier molecular flexibility index (Phi) is 5.65. The molecule has 8 heteroatoms. The number of hydrogen-bond donors (Lipinski definition) is 2. The number of hydrogen-bond acceptors (Lipinski definition) is 3. The third-order valence-corrected chi connectivity index (χ3v) is 4.90. The maximum Gasteiger partial charge on any atom is 0.325 e. The van der Waals surface area contributed by atoms with Crippen LogP contribution in [0.1, 0.15) is 18.9 Å². The van der Waals surface area contributed by atoms with Gasteiger partial charge in [0.1, 0.15) is 17.9 Å². The van der Waals surface area contributed by atoms with Crippen LogP contribution in [0.25, 0.3) is 0 Å². The highest BCUT2D eigenvalue weighted by atomic mass is 35.5. The molecule has 6 nitrogen and oxygen atoms in total. The zero-order chi connectivity index (χ0) is 20.3. The van der Waals surface area contributed by atoms with E-state index in [2.05, 4.69) is 10.6 Å². The molecule has 1 aliphatic rings. The Morgan fingerprint density at radius 1 is 1.21 bits per heavy atom. The summed E-state index contributed by atoms with van der Waals surface area (Å²) in [5.41, 5.74) is 0.247. The van der Waals surface area contributed by atoms with Crippen molar-refractivity contribution in [2.75, 3.05) is 11.9 Å². The van der Waals surface area contributed by atoms with E-state index in [4.69, 9.17) is 11.6 Å². The molecular weight excluding hydrogens is 385 g/mol. The fourth-order valence-electron chi connectivity index (χ4n) is 3.02. The highest BCUT2D eigenvalue weighted by Gasteiger charge is 2.47. The standard InChI is InChI=1S/C20H19ClFN3O3/c1-20(10-9-13-5-3-2-4-6-13)18(27)25(19(28)24-20)12-17(26)23-14-7-8-16(22)15(21)11-14/h2-8,11H,9-10,12H2,1H3,(H,23,26)(H,24,28)/t20-/m1/s1. The number of aryl methyl sites for hydroxylation is 1. The summed E-state index contributed by atoms with van der Waals surface area (Å²) >= 11 is 5.68. The number of anilines is 1. The number of nitrogens with one attached hydrogen (secondary N) is 2. The second kappa shape index (κ2) is 7.98. The van der Waals surface area contributed by atoms with Crippen LogP contribution in [0.3, 0.4) is 0 Å². The van der Waals surface area contributed by atoms with E-state index in [0.717, 1.165) is 16.5 Å². The van der Waals surface area contributed by atoms with E-state index >= 15 is 0 Å². The lowest BCUT2D eigenvalue weighted by Crippen LogP contribution is -2.45. The number of carbonyl (C=O) groups excluding carboxylic acids is 3. The number of rotatable bonds is 6. The van der Waals surface area contributed by atoms with E-state index < -0.39 is 35.7 Å². The van der Waals surface area contributed by atoms with Gasteiger partial charge >= 0.3 is 6.03 Å². The van der Waals surface area contributed by atoms with Crippen molar-refractivity contribution in [3.05, 3.63) is 64.9 Å². The van der Waals surface area contributed by atoms with Gasteiger partial charge in [0, 0.05) is 5.69 Å². The molecule has 1 heterocycles. The first-order valence-electron chi connectivity index (χ1n) is 8.71. The molecule has 1 fully saturated rings. The number of benzene rings is 2. The number of halogens is 2. The van der Waals surface area contributed by atoms with E-state index in [1.165, 1.54) is 12.1 Å². The van der Waals surface area contributed by atoms with E-state index in [1.54, 1.807) is 6.92 Å². The second-order valence-electron chi connectivity index (χ2n) is 6.82. The van der Waals surface area contributed by atoms with Gasteiger partial charge < -0.3 is 10.6 Å². The van der Waals surface area contributed by atoms with Crippen molar-refractivity contribution in [2.45, 2.75) is 25.3 Å². The topological polar surface area (TPSA) is 78.5 Å². The molecule has 0 radical (unpaired) electrons. The molecule has 146 valence electrons. The first kappa shape index (κ1) is 19.8. The Balaban J connectivity index is 1.62. The minimum Gasteiger partial charge on any atom is -0.324 e. The number of amides is 4. The molecule has 0 saturated carbocycles. The van der Waals surface area contributed by atoms with E-state index in [0.29, 0.717) is 12.8 Å². The molecule has 1 atom stereocenters. The van der Waals surface area contributed by atoms with Crippen LogP contribution in [0, 0.1) is 5.82 Å². The van der Waals surface area contributed by atoms with Crippen molar-refractivity contribution in [3.63, 3.8) is 0 Å². The predicted octanol–water partition coefficient (Wildman–Crippen LogP) is 3.36. The number of carbonyl (C=O) groups is 3. The Morgan fingerprint density at radius 2 is 1.93 bits per heavy atom. The SMILES string of the molecule is C[C@]1(CCc2ccccc2)NC(=O)N(CC(=O)Nc2ccc(F)c(Cl)c2)C1=O. The molecule has 2 aromatic rings. The van der Waals surface area contributed by atoms with Crippen LogP contribution in [0.15, 0.2) is 48.5 Å². The lowest BCUT2D eigenvalue weighted by Gasteiger charge is -2.21. The van der Waals surface area contributed by atoms with Gasteiger partial charge in [0.05, 0.1) is 5.02 Å². The van der Waals surface area contributed by atoms with E-state index in [9.17, 15) is 18.8 Å². The van der Waals surface area contributed by atoms with Gasteiger partial charge in [-0.1, -0.05) is 41.9 Å². The number of imide groups is 1. The molecule has 0 bridgehead atoms. The summed E-state index contributed by atoms with van der Waals surface area (Å²) in [6.07, 6.45) is 1.02. The molecule has 28 heavy (non-hydrogen) atoms. The molecule has 0 spiro atoms. The first-order valence-corrected chi connectivity index (χ1v) is 9.09. The normalized spacial score (nSPS) is 18.9. The summed E-state index contributed by atoms with van der Waals surface area (Å²) in [5, 5.41) is 5.03. The summed E-state index contributed by atoms with van der Waals surface area (Å²) in [4.78, 5) is 38.1. The molecule has 2 aromatic carbocycles. The molecule has 3 rings (SSSR count). The Labute approximate surface area is 166 Å². The van der Waals surface area contributed by atoms with Crippen molar-refractivity contribution in [1.29, 1.82) is 0 Å². The van der Waals surface area contributed by atoms with Crippen LogP contribution < -0.4 is 10.6 Å². The minimum absolute atomic E-state index is 0.138. The van der Waals surface area contributed by atoms with Crippen LogP contribution in [0.4, 0.5) is 14.9 Å². The Morgan fingerprint density at radius 3 is 2.61 bits per heavy atom. The number of nitrogens with zero attached hydrogens (tertiary/aromatic N) is 1. The lowest BCUT2D eigenvalue weighted by atomic mass is 9.93. The molecule has 4 amide bonds. The van der Waals surface area contributed by atoms with Crippen molar-refractivity contribution in [1.82, 2.24) is 10.2 Å². The smallest absolute Gasteiger partial charge is 0.324 e. The summed E-state index contributed by atoms with van der Waals surface area (Å²) in [7, 11) is 0. The van der Waals surface area contributed by atoms with Gasteiger partial charge in [-0.25, -0.2) is 9.18 Å². The average molecular weight is 404 g/mol. The van der Waals surface area contributed by atoms with Gasteiger partial charge in [-0.2, -0.15) is 0 Å². The van der Waals surface area contributed by atoms with Crippen LogP contribution in [-0.2, 0) is 16.0 Å². The second-order valence-corrected chi connectivity index (χ2v) is 7.22. The van der Waals surface area contributed by atoms with Gasteiger partial charge in [-0.05, 0) is 43.5 Å². The molecule has 1 saturated heterocycles. The third kappa shape index (κ3) is 4.31. The zero-order valence-corrected chi connectivity index (χ0v) is 15.9. The van der Waals surface area contributed by atoms with Gasteiger partial charge in [0.25, 0.3) is 5.91 Å². The van der Waals surface area contributed by atoms with Crippen LogP contribution in [0.2, 0.25) is 5.02 Å². The Hall–Kier alpha value is -2.93. The summed E-state index contributed by atoms with van der Waals surface area (Å²) in [6, 6.07) is 12.7. The van der Waals surface area contributed by atoms with E-state index in [-0.39, 0.29) is 10.7 Å². The van der Waals surface area contributed by atoms with Gasteiger partial charge in [-0.3, -0.25) is 14.5 Å². The molecule has 1 aliphatic heterocycles. The highest BCUT2D eigenvalue weighted by molar-refractivity contribution is 6.31. The highest BCUT2D eigenvalue weighted by Crippen LogP contribution is 2.24. The summed E-state index contributed by atoms with van der Waals surface area (Å²) in [5.74, 6) is -1.65. The van der Waals surface area contributed by atoms with Gasteiger partial charge in [0.15, 0.2) is 0 Å². The maximum absolute atomic E-state index is 13.2. The monoisotopic (exact) mass is 403 g/mol. The van der Waals surface area contributed by atoms with Crippen molar-refractivity contribution >= 4 is 35.1 Å². The van der Waals surface area contributed by atoms with Crippen LogP contribution in [-0.4, -0.2) is 34.8 Å². The predicted molar refractivity (Wildman–Crippen MR) is 103 cm³/mol. The van der Waals surface area contributed by atoms with Crippen molar-refractivity contribution in [3.8, 4) is 0 Å². The molecule has 2 N–H and O–H groups in total. The minimum atomic E-state index is -1.08. The zero-order valence-electron chi connectivity index (χ0n) is 15.2. The van der Waals surface area contributed by atoms with Crippen LogP contribution in [0.5, 0.6) is 0 Å². The van der Waals surface area contributed by atoms with E-state index in [1.807, 2.05) is 30.3 Å². The maximum atomic E-state index is 13.2. The largest absolute Gasteiger partial charge is 0.325 e. The fourth-order valence-corrected chi connectivity index (χ4v) is 3.20. The lowest BCUT2D eigenvalue weighted by molar-refractivity contribution is -0.133. The van der Waals surface area contributed by atoms with Crippen LogP contribution >= 0.6 is 11.6 Å². The molecule has 0 aromatic heterocycles. The third-order valence-electron chi connectivity index (χ3n) is 4.61. The van der Waals surface area contributed by atoms with Crippen molar-refractivity contribution in [2.24, 2.45) is 0 Å². The number of urea groups is 1. The van der Waals surface area contributed by atoms with Crippen molar-refractivity contribution < 1.29 is 18.8 Å². The molecule has 0 unspecified atom stereocenters. The quantitative estimate of drug-likeness (QED) is 0.726. The summed E-state index contributed by atoms with van der Waals surface area (Å²) in [6.45, 7) is 1.20. The molecule has 0 aliphatic carbocycles. The summed E-state index contributed by atoms with van der Waals surface area (Å²) < 4.78 is 13.2. The molecular formula is C20H19ClFN3O3. The first-order chi connectivity index (χ1) is 13.3. The van der Waals surface area contributed by atoms with Gasteiger partial charge in [0.2, 0.25) is 5.91 Å². The fraction of sp³-hybridized carbons (Fsp3) is 0.250. The van der Waals surface area contributed by atoms with Gasteiger partial charge in [-0.15, -0.1) is 0 Å². The Bertz CT molecular complexity index is 922. The average Bonchev–Trinajstić information content (AvgIpc) is 2.87.